The van der Waals surface area contributed by atoms with E-state index in [0.717, 1.165) is 37.3 Å². The van der Waals surface area contributed by atoms with E-state index in [-0.39, 0.29) is 0 Å². The third-order valence-corrected chi connectivity index (χ3v) is 4.79. The van der Waals surface area contributed by atoms with Gasteiger partial charge in [0.1, 0.15) is 11.9 Å². The summed E-state index contributed by atoms with van der Waals surface area (Å²) < 4.78 is 0. The van der Waals surface area contributed by atoms with E-state index in [1.54, 1.807) is 0 Å². The Balaban J connectivity index is 1.92. The first-order valence-electron chi connectivity index (χ1n) is 7.77. The van der Waals surface area contributed by atoms with Crippen LogP contribution >= 0.6 is 0 Å². The highest BCUT2D eigenvalue weighted by Gasteiger charge is 2.26. The molecule has 2 aliphatic rings. The number of anilines is 1. The average molecular weight is 269 g/mol. The Bertz CT molecular complexity index is 554. The molecule has 3 heteroatoms. The van der Waals surface area contributed by atoms with Crippen molar-refractivity contribution in [1.82, 2.24) is 4.98 Å². The normalized spacial score (nSPS) is 21.1. The van der Waals surface area contributed by atoms with Crippen molar-refractivity contribution >= 4 is 5.82 Å². The van der Waals surface area contributed by atoms with Crippen molar-refractivity contribution in [3.63, 3.8) is 0 Å². The average Bonchev–Trinajstić information content (AvgIpc) is 2.80. The molecular formula is C17H23N3. The van der Waals surface area contributed by atoms with Crippen LogP contribution in [0.5, 0.6) is 0 Å². The summed E-state index contributed by atoms with van der Waals surface area (Å²) in [4.78, 5) is 7.18. The fourth-order valence-electron chi connectivity index (χ4n) is 3.42. The number of aromatic nitrogens is 1. The van der Waals surface area contributed by atoms with Gasteiger partial charge in [-0.1, -0.05) is 13.8 Å². The molecule has 0 N–H and O–H groups in total. The monoisotopic (exact) mass is 269 g/mol. The molecule has 1 aromatic rings. The summed E-state index contributed by atoms with van der Waals surface area (Å²) in [5.41, 5.74) is 3.70. The van der Waals surface area contributed by atoms with Crippen LogP contribution in [0.1, 0.15) is 56.4 Å². The van der Waals surface area contributed by atoms with Gasteiger partial charge in [0.25, 0.3) is 0 Å². The molecule has 3 nitrogen and oxygen atoms in total. The first-order chi connectivity index (χ1) is 9.59. The lowest BCUT2D eigenvalue weighted by Gasteiger charge is -2.25. The molecule has 0 unspecified atom stereocenters. The lowest BCUT2D eigenvalue weighted by molar-refractivity contribution is 0.325. The summed E-state index contributed by atoms with van der Waals surface area (Å²) >= 11 is 0. The first kappa shape index (κ1) is 13.4. The molecule has 1 aliphatic carbocycles. The highest BCUT2D eigenvalue weighted by atomic mass is 15.2. The minimum Gasteiger partial charge on any atom is -0.355 e. The van der Waals surface area contributed by atoms with Gasteiger partial charge in [0.05, 0.1) is 5.56 Å². The molecule has 1 aliphatic heterocycles. The van der Waals surface area contributed by atoms with Crippen LogP contribution < -0.4 is 4.90 Å². The van der Waals surface area contributed by atoms with Crippen molar-refractivity contribution in [3.8, 4) is 6.07 Å². The van der Waals surface area contributed by atoms with E-state index in [0.29, 0.717) is 5.41 Å². The first-order valence-corrected chi connectivity index (χ1v) is 7.77. The molecule has 20 heavy (non-hydrogen) atoms. The largest absolute Gasteiger partial charge is 0.355 e. The number of pyridine rings is 1. The summed E-state index contributed by atoms with van der Waals surface area (Å²) in [6.45, 7) is 6.74. The van der Waals surface area contributed by atoms with Crippen LogP contribution in [-0.2, 0) is 12.8 Å². The van der Waals surface area contributed by atoms with E-state index in [1.165, 1.54) is 36.9 Å². The molecule has 0 atom stereocenters. The number of nitriles is 1. The van der Waals surface area contributed by atoms with Gasteiger partial charge in [-0.2, -0.15) is 5.26 Å². The minimum absolute atomic E-state index is 0.415. The van der Waals surface area contributed by atoms with Crippen molar-refractivity contribution in [3.05, 3.63) is 22.9 Å². The lowest BCUT2D eigenvalue weighted by Crippen LogP contribution is -2.27. The van der Waals surface area contributed by atoms with Crippen LogP contribution in [0.15, 0.2) is 6.07 Å². The molecule has 1 aromatic heterocycles. The molecule has 0 aromatic carbocycles. The van der Waals surface area contributed by atoms with Gasteiger partial charge in [-0.25, -0.2) is 4.98 Å². The highest BCUT2D eigenvalue weighted by Crippen LogP contribution is 2.33. The zero-order chi connectivity index (χ0) is 14.2. The Morgan fingerprint density at radius 2 is 2.05 bits per heavy atom. The van der Waals surface area contributed by atoms with E-state index in [2.05, 4.69) is 30.9 Å². The van der Waals surface area contributed by atoms with Gasteiger partial charge < -0.3 is 4.90 Å². The Morgan fingerprint density at radius 1 is 1.20 bits per heavy atom. The van der Waals surface area contributed by atoms with E-state index in [1.807, 2.05) is 0 Å². The van der Waals surface area contributed by atoms with E-state index >= 15 is 0 Å². The number of rotatable bonds is 1. The summed E-state index contributed by atoms with van der Waals surface area (Å²) in [5.74, 6) is 0.936. The third kappa shape index (κ3) is 2.52. The van der Waals surface area contributed by atoms with Gasteiger partial charge in [0.2, 0.25) is 0 Å². The fraction of sp³-hybridized carbons (Fsp3) is 0.647. The maximum Gasteiger partial charge on any atom is 0.146 e. The summed E-state index contributed by atoms with van der Waals surface area (Å²) in [6.07, 6.45) is 6.98. The predicted octanol–water partition coefficient (Wildman–Crippen LogP) is 3.46. The second-order valence-corrected chi connectivity index (χ2v) is 6.94. The molecular weight excluding hydrogens is 246 g/mol. The zero-order valence-corrected chi connectivity index (χ0v) is 12.6. The molecule has 0 bridgehead atoms. The molecule has 0 radical (unpaired) electrons. The van der Waals surface area contributed by atoms with Gasteiger partial charge >= 0.3 is 0 Å². The Hall–Kier alpha value is -1.56. The van der Waals surface area contributed by atoms with Crippen LogP contribution in [0.4, 0.5) is 5.82 Å². The van der Waals surface area contributed by atoms with Crippen LogP contribution in [0, 0.1) is 16.7 Å². The van der Waals surface area contributed by atoms with E-state index in [9.17, 15) is 5.26 Å². The number of aryl methyl sites for hydroxylation is 2. The molecule has 0 spiro atoms. The topological polar surface area (TPSA) is 39.9 Å². The molecule has 0 saturated carbocycles. The molecule has 2 heterocycles. The van der Waals surface area contributed by atoms with Crippen molar-refractivity contribution in [2.45, 2.75) is 52.4 Å². The van der Waals surface area contributed by atoms with Crippen LogP contribution in [0.2, 0.25) is 0 Å². The maximum atomic E-state index is 9.44. The second-order valence-electron chi connectivity index (χ2n) is 6.94. The second kappa shape index (κ2) is 5.09. The highest BCUT2D eigenvalue weighted by molar-refractivity contribution is 5.57. The van der Waals surface area contributed by atoms with Crippen LogP contribution in [-0.4, -0.2) is 18.1 Å². The van der Waals surface area contributed by atoms with Gasteiger partial charge in [-0.15, -0.1) is 0 Å². The number of hydrogen-bond donors (Lipinski definition) is 0. The third-order valence-electron chi connectivity index (χ3n) is 4.79. The number of nitrogens with zero attached hydrogens (tertiary/aromatic N) is 3. The van der Waals surface area contributed by atoms with Crippen molar-refractivity contribution in [2.75, 3.05) is 18.0 Å². The molecule has 0 amide bonds. The van der Waals surface area contributed by atoms with Gasteiger partial charge in [-0.05, 0) is 55.6 Å². The Kier molecular flexibility index (Phi) is 3.41. The fourth-order valence-corrected chi connectivity index (χ4v) is 3.42. The van der Waals surface area contributed by atoms with E-state index in [4.69, 9.17) is 4.98 Å². The minimum atomic E-state index is 0.415. The number of hydrogen-bond acceptors (Lipinski definition) is 3. The summed E-state index contributed by atoms with van der Waals surface area (Å²) in [6, 6.07) is 4.44. The number of fused-ring (bicyclic) bond motifs is 1. The standard InChI is InChI=1S/C17H23N3/c1-17(2)7-4-9-20(10-8-17)16-14(12-18)11-13-5-3-6-15(13)19-16/h11H,3-10H2,1-2H3. The van der Waals surface area contributed by atoms with Crippen LogP contribution in [0.3, 0.4) is 0 Å². The van der Waals surface area contributed by atoms with Gasteiger partial charge in [0, 0.05) is 18.8 Å². The smallest absolute Gasteiger partial charge is 0.146 e. The molecule has 1 fully saturated rings. The summed E-state index contributed by atoms with van der Waals surface area (Å²) in [7, 11) is 0. The zero-order valence-electron chi connectivity index (χ0n) is 12.6. The molecule has 1 saturated heterocycles. The van der Waals surface area contributed by atoms with Crippen molar-refractivity contribution in [2.24, 2.45) is 5.41 Å². The van der Waals surface area contributed by atoms with Gasteiger partial charge in [-0.3, -0.25) is 0 Å². The Labute approximate surface area is 121 Å². The predicted molar refractivity (Wildman–Crippen MR) is 80.8 cm³/mol. The Morgan fingerprint density at radius 3 is 2.85 bits per heavy atom. The van der Waals surface area contributed by atoms with Crippen molar-refractivity contribution in [1.29, 1.82) is 5.26 Å². The maximum absolute atomic E-state index is 9.44. The quantitative estimate of drug-likeness (QED) is 0.784. The van der Waals surface area contributed by atoms with Crippen molar-refractivity contribution < 1.29 is 0 Å². The molecule has 3 rings (SSSR count). The lowest BCUT2D eigenvalue weighted by atomic mass is 9.85. The van der Waals surface area contributed by atoms with Gasteiger partial charge in [0.15, 0.2) is 0 Å². The SMILES string of the molecule is CC1(C)CCCN(c2nc3c(cc2C#N)CCC3)CC1. The molecule has 106 valence electrons. The summed E-state index contributed by atoms with van der Waals surface area (Å²) in [5, 5.41) is 9.44. The van der Waals surface area contributed by atoms with Crippen LogP contribution in [0.25, 0.3) is 0 Å². The van der Waals surface area contributed by atoms with E-state index < -0.39 is 0 Å².